The summed E-state index contributed by atoms with van der Waals surface area (Å²) >= 11 is 3.06. The van der Waals surface area contributed by atoms with Crippen LogP contribution in [0.4, 0.5) is 8.78 Å². The Morgan fingerprint density at radius 1 is 1.33 bits per heavy atom. The van der Waals surface area contributed by atoms with Gasteiger partial charge < -0.3 is 0 Å². The first kappa shape index (κ1) is 9.21. The van der Waals surface area contributed by atoms with Gasteiger partial charge in [0.1, 0.15) is 0 Å². The van der Waals surface area contributed by atoms with Crippen LogP contribution in [-0.4, -0.2) is 5.33 Å². The molecule has 0 aliphatic heterocycles. The normalized spacial score (nSPS) is 8.92. The maximum absolute atomic E-state index is 12.8. The van der Waals surface area contributed by atoms with Gasteiger partial charge in [-0.15, -0.1) is 0 Å². The molecule has 1 rings (SSSR count). The van der Waals surface area contributed by atoms with Crippen molar-refractivity contribution in [2.75, 3.05) is 5.33 Å². The Bertz CT molecular complexity index is 336. The van der Waals surface area contributed by atoms with Gasteiger partial charge in [-0.25, -0.2) is 8.78 Å². The third kappa shape index (κ3) is 2.05. The van der Waals surface area contributed by atoms with E-state index in [2.05, 4.69) is 27.8 Å². The lowest BCUT2D eigenvalue weighted by atomic mass is 10.2. The summed E-state index contributed by atoms with van der Waals surface area (Å²) in [6.45, 7) is 0. The van der Waals surface area contributed by atoms with Crippen LogP contribution in [0.15, 0.2) is 18.2 Å². The molecular formula is C9H5BrF2. The van der Waals surface area contributed by atoms with Crippen molar-refractivity contribution in [1.82, 2.24) is 0 Å². The summed E-state index contributed by atoms with van der Waals surface area (Å²) in [6.07, 6.45) is 0. The molecule has 0 aromatic heterocycles. The minimum absolute atomic E-state index is 0.0921. The summed E-state index contributed by atoms with van der Waals surface area (Å²) in [5.74, 6) is 3.34. The second kappa shape index (κ2) is 4.22. The first-order valence-electron chi connectivity index (χ1n) is 3.24. The van der Waals surface area contributed by atoms with Gasteiger partial charge in [0.25, 0.3) is 0 Å². The van der Waals surface area contributed by atoms with Gasteiger partial charge in [0, 0.05) is 0 Å². The van der Waals surface area contributed by atoms with E-state index < -0.39 is 11.6 Å². The third-order valence-corrected chi connectivity index (χ3v) is 1.52. The zero-order valence-corrected chi connectivity index (χ0v) is 7.66. The van der Waals surface area contributed by atoms with Crippen LogP contribution in [0.5, 0.6) is 0 Å². The topological polar surface area (TPSA) is 0 Å². The molecule has 0 nitrogen and oxygen atoms in total. The average molecular weight is 231 g/mol. The minimum atomic E-state index is -0.883. The van der Waals surface area contributed by atoms with E-state index in [0.29, 0.717) is 5.33 Å². The van der Waals surface area contributed by atoms with Gasteiger partial charge in [-0.1, -0.05) is 33.8 Å². The van der Waals surface area contributed by atoms with E-state index in [1.165, 1.54) is 12.1 Å². The fourth-order valence-corrected chi connectivity index (χ4v) is 0.869. The molecular weight excluding hydrogens is 226 g/mol. The van der Waals surface area contributed by atoms with Crippen molar-refractivity contribution in [3.63, 3.8) is 0 Å². The Hall–Kier alpha value is -0.880. The first-order chi connectivity index (χ1) is 5.75. The number of rotatable bonds is 0. The van der Waals surface area contributed by atoms with E-state index in [0.717, 1.165) is 6.07 Å². The summed E-state index contributed by atoms with van der Waals surface area (Å²) < 4.78 is 25.4. The Balaban J connectivity index is 3.08. The molecule has 0 fully saturated rings. The lowest BCUT2D eigenvalue weighted by molar-refractivity contribution is 0.506. The zero-order valence-electron chi connectivity index (χ0n) is 6.07. The van der Waals surface area contributed by atoms with Gasteiger partial charge in [0.05, 0.1) is 10.9 Å². The lowest BCUT2D eigenvalue weighted by Gasteiger charge is -1.93. The molecule has 1 aromatic carbocycles. The first-order valence-corrected chi connectivity index (χ1v) is 4.36. The Morgan fingerprint density at radius 3 is 2.75 bits per heavy atom. The average Bonchev–Trinajstić information content (AvgIpc) is 2.08. The summed E-state index contributed by atoms with van der Waals surface area (Å²) in [4.78, 5) is 0. The molecule has 0 amide bonds. The van der Waals surface area contributed by atoms with E-state index in [1.807, 2.05) is 0 Å². The van der Waals surface area contributed by atoms with Crippen molar-refractivity contribution in [3.05, 3.63) is 35.4 Å². The lowest BCUT2D eigenvalue weighted by Crippen LogP contribution is -1.87. The van der Waals surface area contributed by atoms with Crippen molar-refractivity contribution < 1.29 is 8.78 Å². The van der Waals surface area contributed by atoms with Crippen LogP contribution in [0.25, 0.3) is 0 Å². The molecule has 0 heterocycles. The summed E-state index contributed by atoms with van der Waals surface area (Å²) in [6, 6.07) is 3.93. The largest absolute Gasteiger partial charge is 0.204 e. The van der Waals surface area contributed by atoms with Gasteiger partial charge in [0.15, 0.2) is 11.6 Å². The molecule has 0 spiro atoms. The Morgan fingerprint density at radius 2 is 2.08 bits per heavy atom. The number of alkyl halides is 1. The molecule has 12 heavy (non-hydrogen) atoms. The van der Waals surface area contributed by atoms with Crippen LogP contribution in [0.2, 0.25) is 0 Å². The predicted molar refractivity (Wildman–Crippen MR) is 47.0 cm³/mol. The van der Waals surface area contributed by atoms with Crippen LogP contribution < -0.4 is 0 Å². The van der Waals surface area contributed by atoms with Crippen molar-refractivity contribution in [2.24, 2.45) is 0 Å². The monoisotopic (exact) mass is 230 g/mol. The molecule has 62 valence electrons. The van der Waals surface area contributed by atoms with Crippen LogP contribution in [0.3, 0.4) is 0 Å². The summed E-state index contributed by atoms with van der Waals surface area (Å²) in [7, 11) is 0. The molecule has 0 aliphatic carbocycles. The maximum atomic E-state index is 12.8. The van der Waals surface area contributed by atoms with Crippen molar-refractivity contribution in [2.45, 2.75) is 0 Å². The quantitative estimate of drug-likeness (QED) is 0.475. The molecule has 0 unspecified atom stereocenters. The van der Waals surface area contributed by atoms with E-state index >= 15 is 0 Å². The van der Waals surface area contributed by atoms with Crippen molar-refractivity contribution in [3.8, 4) is 11.8 Å². The number of hydrogen-bond acceptors (Lipinski definition) is 0. The number of benzene rings is 1. The van der Waals surface area contributed by atoms with Gasteiger partial charge >= 0.3 is 0 Å². The SMILES string of the molecule is Fc1cccc(C#CCBr)c1F. The van der Waals surface area contributed by atoms with Crippen LogP contribution in [-0.2, 0) is 0 Å². The number of halogens is 3. The van der Waals surface area contributed by atoms with Gasteiger partial charge in [-0.3, -0.25) is 0 Å². The van der Waals surface area contributed by atoms with Gasteiger partial charge in [-0.05, 0) is 12.1 Å². The molecule has 0 N–H and O–H groups in total. The molecule has 0 saturated heterocycles. The molecule has 0 radical (unpaired) electrons. The Kier molecular flexibility index (Phi) is 3.24. The van der Waals surface area contributed by atoms with Crippen LogP contribution in [0, 0.1) is 23.5 Å². The molecule has 0 atom stereocenters. The Labute approximate surface area is 77.7 Å². The zero-order chi connectivity index (χ0) is 8.97. The highest BCUT2D eigenvalue weighted by molar-refractivity contribution is 9.09. The van der Waals surface area contributed by atoms with E-state index in [1.54, 1.807) is 0 Å². The molecule has 0 saturated carbocycles. The second-order valence-corrected chi connectivity index (χ2v) is 2.60. The van der Waals surface area contributed by atoms with Crippen molar-refractivity contribution in [1.29, 1.82) is 0 Å². The third-order valence-electron chi connectivity index (χ3n) is 1.24. The molecule has 0 aliphatic rings. The molecule has 1 aromatic rings. The van der Waals surface area contributed by atoms with E-state index in [4.69, 9.17) is 0 Å². The number of hydrogen-bond donors (Lipinski definition) is 0. The summed E-state index contributed by atoms with van der Waals surface area (Å²) in [5, 5.41) is 0.447. The maximum Gasteiger partial charge on any atom is 0.174 e. The van der Waals surface area contributed by atoms with Gasteiger partial charge in [0.2, 0.25) is 0 Å². The fraction of sp³-hybridized carbons (Fsp3) is 0.111. The van der Waals surface area contributed by atoms with E-state index in [9.17, 15) is 8.78 Å². The van der Waals surface area contributed by atoms with Crippen LogP contribution in [0.1, 0.15) is 5.56 Å². The smallest absolute Gasteiger partial charge is 0.174 e. The molecule has 3 heteroatoms. The predicted octanol–water partition coefficient (Wildman–Crippen LogP) is 2.71. The standard InChI is InChI=1S/C9H5BrF2/c10-6-2-4-7-3-1-5-8(11)9(7)12/h1,3,5H,6H2. The fourth-order valence-electron chi connectivity index (χ4n) is 0.729. The van der Waals surface area contributed by atoms with E-state index in [-0.39, 0.29) is 5.56 Å². The highest BCUT2D eigenvalue weighted by atomic mass is 79.9. The summed E-state index contributed by atoms with van der Waals surface area (Å²) in [5.41, 5.74) is 0.0921. The minimum Gasteiger partial charge on any atom is -0.204 e. The van der Waals surface area contributed by atoms with Crippen molar-refractivity contribution >= 4 is 15.9 Å². The molecule has 0 bridgehead atoms. The van der Waals surface area contributed by atoms with Gasteiger partial charge in [-0.2, -0.15) is 0 Å². The highest BCUT2D eigenvalue weighted by Gasteiger charge is 2.03. The second-order valence-electron chi connectivity index (χ2n) is 2.04. The highest BCUT2D eigenvalue weighted by Crippen LogP contribution is 2.09. The van der Waals surface area contributed by atoms with Crippen LogP contribution >= 0.6 is 15.9 Å².